The van der Waals surface area contributed by atoms with E-state index in [-0.39, 0.29) is 5.91 Å². The third-order valence-corrected chi connectivity index (χ3v) is 2.70. The first-order valence-electron chi connectivity index (χ1n) is 6.35. The van der Waals surface area contributed by atoms with Crippen LogP contribution in [0.25, 0.3) is 0 Å². The monoisotopic (exact) mass is 246 g/mol. The third-order valence-electron chi connectivity index (χ3n) is 2.70. The predicted octanol–water partition coefficient (Wildman–Crippen LogP) is 2.91. The lowest BCUT2D eigenvalue weighted by atomic mass is 10.0. The summed E-state index contributed by atoms with van der Waals surface area (Å²) in [6, 6.07) is 8.34. The molecule has 1 aromatic rings. The Hall–Kier alpha value is -1.77. The molecule has 0 saturated heterocycles. The zero-order chi connectivity index (χ0) is 13.4. The van der Waals surface area contributed by atoms with E-state index >= 15 is 0 Å². The molecule has 0 aliphatic carbocycles. The largest absolute Gasteiger partial charge is 0.385 e. The van der Waals surface area contributed by atoms with Crippen LogP contribution in [0.2, 0.25) is 0 Å². The maximum absolute atomic E-state index is 11.3. The van der Waals surface area contributed by atoms with E-state index < -0.39 is 0 Å². The molecule has 1 amide bonds. The van der Waals surface area contributed by atoms with E-state index in [0.717, 1.165) is 5.69 Å². The standard InChI is InChI=1S/C15H22N2O/c1-4-10-17-15(18)9-11-16-14-7-5-13(6-8-14)12(2)3/h4-8,12,16H,1,9-11H2,2-3H3,(H,17,18). The summed E-state index contributed by atoms with van der Waals surface area (Å²) < 4.78 is 0. The molecule has 3 nitrogen and oxygen atoms in total. The number of hydrogen-bond acceptors (Lipinski definition) is 2. The molecule has 0 aromatic heterocycles. The van der Waals surface area contributed by atoms with E-state index in [1.54, 1.807) is 6.08 Å². The van der Waals surface area contributed by atoms with Gasteiger partial charge in [0.25, 0.3) is 0 Å². The lowest BCUT2D eigenvalue weighted by Gasteiger charge is -2.09. The normalized spacial score (nSPS) is 10.2. The molecule has 1 aromatic carbocycles. The van der Waals surface area contributed by atoms with Crippen molar-refractivity contribution in [3.05, 3.63) is 42.5 Å². The van der Waals surface area contributed by atoms with Gasteiger partial charge in [0.2, 0.25) is 5.91 Å². The first kappa shape index (κ1) is 14.3. The van der Waals surface area contributed by atoms with Gasteiger partial charge in [0.05, 0.1) is 0 Å². The van der Waals surface area contributed by atoms with Gasteiger partial charge in [0.15, 0.2) is 0 Å². The molecule has 3 heteroatoms. The molecule has 18 heavy (non-hydrogen) atoms. The summed E-state index contributed by atoms with van der Waals surface area (Å²) in [7, 11) is 0. The number of rotatable bonds is 7. The van der Waals surface area contributed by atoms with Crippen molar-refractivity contribution in [2.45, 2.75) is 26.2 Å². The van der Waals surface area contributed by atoms with Crippen LogP contribution in [-0.2, 0) is 4.79 Å². The summed E-state index contributed by atoms with van der Waals surface area (Å²) in [4.78, 5) is 11.3. The van der Waals surface area contributed by atoms with Crippen molar-refractivity contribution in [2.24, 2.45) is 0 Å². The lowest BCUT2D eigenvalue weighted by Crippen LogP contribution is -2.25. The first-order valence-corrected chi connectivity index (χ1v) is 6.35. The fraction of sp³-hybridized carbons (Fsp3) is 0.400. The molecule has 0 radical (unpaired) electrons. The van der Waals surface area contributed by atoms with Crippen LogP contribution < -0.4 is 10.6 Å². The van der Waals surface area contributed by atoms with Crippen molar-refractivity contribution in [3.8, 4) is 0 Å². The second-order valence-corrected chi connectivity index (χ2v) is 4.55. The molecule has 0 unspecified atom stereocenters. The van der Waals surface area contributed by atoms with E-state index in [1.807, 2.05) is 0 Å². The second-order valence-electron chi connectivity index (χ2n) is 4.55. The topological polar surface area (TPSA) is 41.1 Å². The summed E-state index contributed by atoms with van der Waals surface area (Å²) in [5.41, 5.74) is 2.38. The molecule has 0 bridgehead atoms. The van der Waals surface area contributed by atoms with Crippen molar-refractivity contribution < 1.29 is 4.79 Å². The van der Waals surface area contributed by atoms with Crippen LogP contribution in [0.15, 0.2) is 36.9 Å². The van der Waals surface area contributed by atoms with Crippen molar-refractivity contribution >= 4 is 11.6 Å². The molecule has 0 saturated carbocycles. The lowest BCUT2D eigenvalue weighted by molar-refractivity contribution is -0.120. The molecule has 0 atom stereocenters. The molecule has 0 aliphatic rings. The fourth-order valence-electron chi connectivity index (χ4n) is 1.58. The van der Waals surface area contributed by atoms with Crippen molar-refractivity contribution in [1.29, 1.82) is 0 Å². The Morgan fingerprint density at radius 3 is 2.56 bits per heavy atom. The molecular formula is C15H22N2O. The summed E-state index contributed by atoms with van der Waals surface area (Å²) in [5, 5.41) is 5.98. The quantitative estimate of drug-likeness (QED) is 0.726. The second kappa shape index (κ2) is 7.54. The van der Waals surface area contributed by atoms with Crippen LogP contribution >= 0.6 is 0 Å². The van der Waals surface area contributed by atoms with Gasteiger partial charge < -0.3 is 10.6 Å². The highest BCUT2D eigenvalue weighted by Crippen LogP contribution is 2.16. The summed E-state index contributed by atoms with van der Waals surface area (Å²) in [5.74, 6) is 0.588. The Balaban J connectivity index is 2.31. The van der Waals surface area contributed by atoms with Gasteiger partial charge in [-0.15, -0.1) is 6.58 Å². The van der Waals surface area contributed by atoms with Gasteiger partial charge in [-0.05, 0) is 23.6 Å². The maximum atomic E-state index is 11.3. The summed E-state index contributed by atoms with van der Waals surface area (Å²) in [6.45, 7) is 9.07. The zero-order valence-corrected chi connectivity index (χ0v) is 11.2. The van der Waals surface area contributed by atoms with Crippen LogP contribution in [-0.4, -0.2) is 19.0 Å². The minimum Gasteiger partial charge on any atom is -0.385 e. The van der Waals surface area contributed by atoms with Crippen LogP contribution in [0.4, 0.5) is 5.69 Å². The van der Waals surface area contributed by atoms with Gasteiger partial charge in [0.1, 0.15) is 0 Å². The SMILES string of the molecule is C=CCNC(=O)CCNc1ccc(C(C)C)cc1. The molecule has 0 heterocycles. The van der Waals surface area contributed by atoms with E-state index in [1.165, 1.54) is 5.56 Å². The molecule has 1 rings (SSSR count). The molecule has 98 valence electrons. The molecule has 2 N–H and O–H groups in total. The molecule has 0 fully saturated rings. The van der Waals surface area contributed by atoms with Crippen LogP contribution in [0.3, 0.4) is 0 Å². The fourth-order valence-corrected chi connectivity index (χ4v) is 1.58. The minimum absolute atomic E-state index is 0.0428. The van der Waals surface area contributed by atoms with E-state index in [2.05, 4.69) is 55.3 Å². The summed E-state index contributed by atoms with van der Waals surface area (Å²) >= 11 is 0. The Morgan fingerprint density at radius 1 is 1.33 bits per heavy atom. The van der Waals surface area contributed by atoms with Gasteiger partial charge in [-0.2, -0.15) is 0 Å². The molecular weight excluding hydrogens is 224 g/mol. The Kier molecular flexibility index (Phi) is 5.98. The van der Waals surface area contributed by atoms with Crippen LogP contribution in [0.5, 0.6) is 0 Å². The van der Waals surface area contributed by atoms with Gasteiger partial charge in [0, 0.05) is 25.2 Å². The van der Waals surface area contributed by atoms with Gasteiger partial charge >= 0.3 is 0 Å². The zero-order valence-electron chi connectivity index (χ0n) is 11.2. The van der Waals surface area contributed by atoms with E-state index in [9.17, 15) is 4.79 Å². The number of amides is 1. The summed E-state index contributed by atoms with van der Waals surface area (Å²) in [6.07, 6.45) is 2.15. The van der Waals surface area contributed by atoms with Crippen molar-refractivity contribution in [1.82, 2.24) is 5.32 Å². The van der Waals surface area contributed by atoms with Crippen LogP contribution in [0.1, 0.15) is 31.7 Å². The molecule has 0 spiro atoms. The first-order chi connectivity index (χ1) is 8.63. The maximum Gasteiger partial charge on any atom is 0.222 e. The van der Waals surface area contributed by atoms with Crippen molar-refractivity contribution in [3.63, 3.8) is 0 Å². The minimum atomic E-state index is 0.0428. The number of carbonyl (C=O) groups excluding carboxylic acids is 1. The van der Waals surface area contributed by atoms with Crippen LogP contribution in [0, 0.1) is 0 Å². The Labute approximate surface area is 109 Å². The Bertz CT molecular complexity index is 382. The smallest absolute Gasteiger partial charge is 0.222 e. The number of nitrogens with one attached hydrogen (secondary N) is 2. The average molecular weight is 246 g/mol. The third kappa shape index (κ3) is 5.04. The number of benzene rings is 1. The number of carbonyl (C=O) groups is 1. The highest BCUT2D eigenvalue weighted by Gasteiger charge is 2.00. The predicted molar refractivity (Wildman–Crippen MR) is 76.8 cm³/mol. The van der Waals surface area contributed by atoms with Crippen molar-refractivity contribution in [2.75, 3.05) is 18.4 Å². The average Bonchev–Trinajstić information content (AvgIpc) is 2.37. The number of hydrogen-bond donors (Lipinski definition) is 2. The number of anilines is 1. The molecule has 0 aliphatic heterocycles. The highest BCUT2D eigenvalue weighted by molar-refractivity contribution is 5.76. The Morgan fingerprint density at radius 2 is 2.00 bits per heavy atom. The van der Waals surface area contributed by atoms with Gasteiger partial charge in [-0.3, -0.25) is 4.79 Å². The van der Waals surface area contributed by atoms with E-state index in [0.29, 0.717) is 25.4 Å². The van der Waals surface area contributed by atoms with Gasteiger partial charge in [-0.1, -0.05) is 32.1 Å². The van der Waals surface area contributed by atoms with Gasteiger partial charge in [-0.25, -0.2) is 0 Å². The highest BCUT2D eigenvalue weighted by atomic mass is 16.1. The van der Waals surface area contributed by atoms with E-state index in [4.69, 9.17) is 0 Å².